The minimum Gasteiger partial charge on any atom is -0.287 e. The second kappa shape index (κ2) is 5.47. The summed E-state index contributed by atoms with van der Waals surface area (Å²) in [4.78, 5) is 2.25. The summed E-state index contributed by atoms with van der Waals surface area (Å²) >= 11 is 0. The fourth-order valence-corrected chi connectivity index (χ4v) is 2.47. The van der Waals surface area contributed by atoms with E-state index in [1.54, 1.807) is 0 Å². The Morgan fingerprint density at radius 2 is 2.21 bits per heavy atom. The standard InChI is InChI=1S/C15H20N4/c1-4-5-8-18-11-15(12-18,6-7-16)19-10-14(9-17-19)13(2)3/h9-10,13H,6,8,11-12H2,1-3H3. The first-order valence-electron chi connectivity index (χ1n) is 6.65. The van der Waals surface area contributed by atoms with Gasteiger partial charge in [0.1, 0.15) is 5.54 Å². The average Bonchev–Trinajstić information content (AvgIpc) is 2.81. The Kier molecular flexibility index (Phi) is 3.93. The van der Waals surface area contributed by atoms with Crippen LogP contribution >= 0.6 is 0 Å². The Morgan fingerprint density at radius 3 is 2.74 bits per heavy atom. The average molecular weight is 256 g/mol. The van der Waals surface area contributed by atoms with Crippen LogP contribution in [0.4, 0.5) is 0 Å². The van der Waals surface area contributed by atoms with Gasteiger partial charge in [-0.1, -0.05) is 19.8 Å². The summed E-state index contributed by atoms with van der Waals surface area (Å²) in [6.45, 7) is 8.65. The van der Waals surface area contributed by atoms with Crippen molar-refractivity contribution in [2.45, 2.75) is 38.6 Å². The van der Waals surface area contributed by atoms with Crippen molar-refractivity contribution in [1.29, 1.82) is 5.26 Å². The van der Waals surface area contributed by atoms with Crippen molar-refractivity contribution < 1.29 is 0 Å². The quantitative estimate of drug-likeness (QED) is 0.773. The Morgan fingerprint density at radius 1 is 1.47 bits per heavy atom. The maximum absolute atomic E-state index is 9.07. The van der Waals surface area contributed by atoms with E-state index in [2.05, 4.69) is 48.0 Å². The molecular formula is C15H20N4. The highest BCUT2D eigenvalue weighted by Crippen LogP contribution is 2.32. The van der Waals surface area contributed by atoms with Gasteiger partial charge in [-0.15, -0.1) is 5.92 Å². The molecule has 4 nitrogen and oxygen atoms in total. The minimum atomic E-state index is -0.155. The minimum absolute atomic E-state index is 0.155. The van der Waals surface area contributed by atoms with Gasteiger partial charge in [-0.05, 0) is 18.4 Å². The summed E-state index contributed by atoms with van der Waals surface area (Å²) in [5.74, 6) is 6.44. The zero-order chi connectivity index (χ0) is 13.9. The normalized spacial score (nSPS) is 17.4. The van der Waals surface area contributed by atoms with E-state index in [-0.39, 0.29) is 5.54 Å². The van der Waals surface area contributed by atoms with E-state index in [0.29, 0.717) is 12.3 Å². The molecule has 0 radical (unpaired) electrons. The molecule has 19 heavy (non-hydrogen) atoms. The Bertz CT molecular complexity index is 532. The first kappa shape index (κ1) is 13.6. The zero-order valence-electron chi connectivity index (χ0n) is 11.8. The van der Waals surface area contributed by atoms with E-state index < -0.39 is 0 Å². The first-order chi connectivity index (χ1) is 9.11. The van der Waals surface area contributed by atoms with Crippen molar-refractivity contribution in [3.05, 3.63) is 18.0 Å². The number of aromatic nitrogens is 2. The topological polar surface area (TPSA) is 44.9 Å². The number of likely N-dealkylation sites (tertiary alicyclic amines) is 1. The molecule has 1 aliphatic heterocycles. The van der Waals surface area contributed by atoms with Gasteiger partial charge in [-0.25, -0.2) is 0 Å². The van der Waals surface area contributed by atoms with Crippen LogP contribution in [-0.4, -0.2) is 34.3 Å². The van der Waals surface area contributed by atoms with Gasteiger partial charge in [0.05, 0.1) is 25.2 Å². The molecule has 0 atom stereocenters. The predicted molar refractivity (Wildman–Crippen MR) is 74.4 cm³/mol. The van der Waals surface area contributed by atoms with E-state index in [1.807, 2.05) is 17.8 Å². The number of nitriles is 1. The summed E-state index contributed by atoms with van der Waals surface area (Å²) in [5, 5.41) is 13.5. The van der Waals surface area contributed by atoms with Crippen molar-refractivity contribution in [1.82, 2.24) is 14.7 Å². The SMILES string of the molecule is CC#CCN1CC(CC#N)(n2cc(C(C)C)cn2)C1. The smallest absolute Gasteiger partial charge is 0.101 e. The lowest BCUT2D eigenvalue weighted by Crippen LogP contribution is -2.62. The van der Waals surface area contributed by atoms with Crippen LogP contribution in [0.25, 0.3) is 0 Å². The van der Waals surface area contributed by atoms with Crippen LogP contribution in [0.5, 0.6) is 0 Å². The zero-order valence-corrected chi connectivity index (χ0v) is 11.8. The molecule has 1 aromatic rings. The maximum atomic E-state index is 9.07. The van der Waals surface area contributed by atoms with Gasteiger partial charge in [0, 0.05) is 19.3 Å². The Labute approximate surface area is 115 Å². The highest BCUT2D eigenvalue weighted by molar-refractivity contribution is 5.15. The summed E-state index contributed by atoms with van der Waals surface area (Å²) in [5.41, 5.74) is 1.07. The maximum Gasteiger partial charge on any atom is 0.101 e. The molecule has 0 aliphatic carbocycles. The van der Waals surface area contributed by atoms with Crippen molar-refractivity contribution in [3.63, 3.8) is 0 Å². The second-order valence-corrected chi connectivity index (χ2v) is 5.50. The van der Waals surface area contributed by atoms with Gasteiger partial charge in [0.25, 0.3) is 0 Å². The molecule has 0 bridgehead atoms. The van der Waals surface area contributed by atoms with Crippen LogP contribution in [-0.2, 0) is 5.54 Å². The second-order valence-electron chi connectivity index (χ2n) is 5.50. The fraction of sp³-hybridized carbons (Fsp3) is 0.600. The van der Waals surface area contributed by atoms with Crippen LogP contribution in [0.15, 0.2) is 12.4 Å². The lowest BCUT2D eigenvalue weighted by atomic mass is 9.87. The van der Waals surface area contributed by atoms with Gasteiger partial charge >= 0.3 is 0 Å². The summed E-state index contributed by atoms with van der Waals surface area (Å²) < 4.78 is 1.99. The predicted octanol–water partition coefficient (Wildman–Crippen LogP) is 1.95. The molecule has 0 unspecified atom stereocenters. The van der Waals surface area contributed by atoms with Crippen LogP contribution < -0.4 is 0 Å². The summed E-state index contributed by atoms with van der Waals surface area (Å²) in [7, 11) is 0. The molecule has 0 saturated carbocycles. The highest BCUT2D eigenvalue weighted by atomic mass is 15.4. The van der Waals surface area contributed by atoms with Crippen LogP contribution in [0.3, 0.4) is 0 Å². The third-order valence-corrected chi connectivity index (χ3v) is 3.68. The molecule has 1 aromatic heterocycles. The molecule has 2 rings (SSSR count). The van der Waals surface area contributed by atoms with E-state index in [4.69, 9.17) is 5.26 Å². The molecule has 0 spiro atoms. The van der Waals surface area contributed by atoms with Crippen molar-refractivity contribution in [2.24, 2.45) is 0 Å². The molecule has 4 heteroatoms. The molecule has 1 saturated heterocycles. The van der Waals surface area contributed by atoms with Gasteiger partial charge in [-0.3, -0.25) is 9.58 Å². The third kappa shape index (κ3) is 2.64. The Balaban J connectivity index is 2.12. The fourth-order valence-electron chi connectivity index (χ4n) is 2.47. The largest absolute Gasteiger partial charge is 0.287 e. The van der Waals surface area contributed by atoms with Crippen molar-refractivity contribution in [2.75, 3.05) is 19.6 Å². The molecule has 100 valence electrons. The first-order valence-corrected chi connectivity index (χ1v) is 6.65. The highest BCUT2D eigenvalue weighted by Gasteiger charge is 2.44. The van der Waals surface area contributed by atoms with Gasteiger partial charge in [0.2, 0.25) is 0 Å². The number of hydrogen-bond donors (Lipinski definition) is 0. The number of hydrogen-bond acceptors (Lipinski definition) is 3. The molecular weight excluding hydrogens is 236 g/mol. The van der Waals surface area contributed by atoms with E-state index in [0.717, 1.165) is 19.6 Å². The van der Waals surface area contributed by atoms with Crippen LogP contribution in [0, 0.1) is 23.2 Å². The summed E-state index contributed by atoms with van der Waals surface area (Å²) in [6.07, 6.45) is 4.51. The molecule has 1 aliphatic rings. The number of rotatable bonds is 4. The van der Waals surface area contributed by atoms with Crippen LogP contribution in [0.2, 0.25) is 0 Å². The van der Waals surface area contributed by atoms with Crippen LogP contribution in [0.1, 0.15) is 38.7 Å². The number of nitrogens with zero attached hydrogens (tertiary/aromatic N) is 4. The molecule has 0 N–H and O–H groups in total. The molecule has 1 fully saturated rings. The monoisotopic (exact) mass is 256 g/mol. The lowest BCUT2D eigenvalue weighted by molar-refractivity contribution is 0.0159. The molecule has 2 heterocycles. The van der Waals surface area contributed by atoms with Crippen molar-refractivity contribution in [3.8, 4) is 17.9 Å². The third-order valence-electron chi connectivity index (χ3n) is 3.68. The van der Waals surface area contributed by atoms with E-state index in [9.17, 15) is 0 Å². The van der Waals surface area contributed by atoms with Gasteiger partial charge < -0.3 is 0 Å². The van der Waals surface area contributed by atoms with E-state index >= 15 is 0 Å². The lowest BCUT2D eigenvalue weighted by Gasteiger charge is -2.48. The van der Waals surface area contributed by atoms with E-state index in [1.165, 1.54) is 5.56 Å². The van der Waals surface area contributed by atoms with Gasteiger partial charge in [0.15, 0.2) is 0 Å². The molecule has 0 amide bonds. The Hall–Kier alpha value is -1.78. The summed E-state index contributed by atoms with van der Waals surface area (Å²) in [6, 6.07) is 2.30. The molecule has 0 aromatic carbocycles. The van der Waals surface area contributed by atoms with Gasteiger partial charge in [-0.2, -0.15) is 10.4 Å². The van der Waals surface area contributed by atoms with Crippen molar-refractivity contribution >= 4 is 0 Å².